The Hall–Kier alpha value is -1.75. The molecule has 1 atom stereocenters. The number of carbonyl (C=O) groups excluding carboxylic acids is 1. The fourth-order valence-corrected chi connectivity index (χ4v) is 1.71. The summed E-state index contributed by atoms with van der Waals surface area (Å²) in [6.07, 6.45) is 0.544. The zero-order valence-corrected chi connectivity index (χ0v) is 11.5. The van der Waals surface area contributed by atoms with Crippen molar-refractivity contribution in [2.24, 2.45) is 5.73 Å². The maximum Gasteiger partial charge on any atom is 0.234 e. The molecule has 0 heterocycles. The number of amides is 1. The predicted molar refractivity (Wildman–Crippen MR) is 74.4 cm³/mol. The minimum atomic E-state index is -0.353. The third-order valence-corrected chi connectivity index (χ3v) is 2.59. The number of hydrogen-bond acceptors (Lipinski definition) is 4. The minimum Gasteiger partial charge on any atom is -0.494 e. The van der Waals surface area contributed by atoms with Crippen LogP contribution in [0.2, 0.25) is 0 Å². The first-order valence-electron chi connectivity index (χ1n) is 6.55. The van der Waals surface area contributed by atoms with Crippen LogP contribution in [0.4, 0.5) is 0 Å². The summed E-state index contributed by atoms with van der Waals surface area (Å²) in [5.74, 6) is 1.15. The van der Waals surface area contributed by atoms with Crippen molar-refractivity contribution in [3.8, 4) is 11.5 Å². The van der Waals surface area contributed by atoms with Gasteiger partial charge in [0.15, 0.2) is 0 Å². The lowest BCUT2D eigenvalue weighted by molar-refractivity contribution is -0.120. The smallest absolute Gasteiger partial charge is 0.234 e. The van der Waals surface area contributed by atoms with E-state index in [1.54, 1.807) is 0 Å². The largest absolute Gasteiger partial charge is 0.494 e. The molecule has 0 aliphatic carbocycles. The third kappa shape index (κ3) is 5.61. The number of nitrogens with two attached hydrogens (primary N) is 1. The van der Waals surface area contributed by atoms with Gasteiger partial charge >= 0.3 is 0 Å². The summed E-state index contributed by atoms with van der Waals surface area (Å²) in [6, 6.07) is 7.09. The molecule has 0 aliphatic heterocycles. The Morgan fingerprint density at radius 2 is 2.00 bits per heavy atom. The number of nitrogens with one attached hydrogen (secondary N) is 1. The Morgan fingerprint density at radius 1 is 1.32 bits per heavy atom. The van der Waals surface area contributed by atoms with Crippen LogP contribution in [0.5, 0.6) is 11.5 Å². The quantitative estimate of drug-likeness (QED) is 0.707. The topological polar surface area (TPSA) is 73.6 Å². The van der Waals surface area contributed by atoms with Gasteiger partial charge in [-0.15, -0.1) is 0 Å². The molecular formula is C14H22N2O3. The lowest BCUT2D eigenvalue weighted by atomic mass is 10.2. The molecule has 1 aromatic rings. The molecule has 0 aliphatic rings. The van der Waals surface area contributed by atoms with E-state index in [0.29, 0.717) is 26.2 Å². The highest BCUT2D eigenvalue weighted by molar-refractivity contribution is 5.79. The van der Waals surface area contributed by atoms with E-state index in [-0.39, 0.29) is 11.9 Å². The molecule has 19 heavy (non-hydrogen) atoms. The number of carbonyl (C=O) groups is 1. The van der Waals surface area contributed by atoms with Gasteiger partial charge in [0.2, 0.25) is 5.91 Å². The Kier molecular flexibility index (Phi) is 6.74. The molecule has 5 heteroatoms. The minimum absolute atomic E-state index is 0.347. The van der Waals surface area contributed by atoms with Gasteiger partial charge in [0.25, 0.3) is 0 Å². The molecular weight excluding hydrogens is 244 g/mol. The number of hydrogen-bond donors (Lipinski definition) is 2. The fourth-order valence-electron chi connectivity index (χ4n) is 1.71. The summed E-state index contributed by atoms with van der Waals surface area (Å²) in [6.45, 7) is 5.61. The first kappa shape index (κ1) is 15.3. The van der Waals surface area contributed by atoms with Gasteiger partial charge in [0.1, 0.15) is 11.5 Å². The molecule has 0 spiro atoms. The van der Waals surface area contributed by atoms with Gasteiger partial charge in [-0.1, -0.05) is 13.0 Å². The maximum absolute atomic E-state index is 11.2. The van der Waals surface area contributed by atoms with Gasteiger partial charge in [-0.2, -0.15) is 0 Å². The van der Waals surface area contributed by atoms with Crippen molar-refractivity contribution in [3.63, 3.8) is 0 Å². The number of rotatable bonds is 9. The molecule has 5 nitrogen and oxygen atoms in total. The van der Waals surface area contributed by atoms with Gasteiger partial charge in [-0.05, 0) is 25.6 Å². The summed E-state index contributed by atoms with van der Waals surface area (Å²) in [5.41, 5.74) is 5.29. The fraction of sp³-hybridized carbons (Fsp3) is 0.500. The first-order valence-corrected chi connectivity index (χ1v) is 6.55. The van der Waals surface area contributed by atoms with E-state index in [9.17, 15) is 4.79 Å². The third-order valence-electron chi connectivity index (χ3n) is 2.59. The summed E-state index contributed by atoms with van der Waals surface area (Å²) < 4.78 is 11.0. The normalized spacial score (nSPS) is 11.9. The predicted octanol–water partition coefficient (Wildman–Crippen LogP) is 1.32. The average molecular weight is 266 g/mol. The summed E-state index contributed by atoms with van der Waals surface area (Å²) in [4.78, 5) is 11.2. The highest BCUT2D eigenvalue weighted by Gasteiger charge is 2.13. The highest BCUT2D eigenvalue weighted by Crippen LogP contribution is 2.19. The van der Waals surface area contributed by atoms with E-state index in [4.69, 9.17) is 15.2 Å². The van der Waals surface area contributed by atoms with E-state index >= 15 is 0 Å². The Bertz CT molecular complexity index is 396. The Balaban J connectivity index is 2.43. The standard InChI is InChI=1S/C14H22N2O3/c1-3-16-13(14(15)17)8-9-19-12-7-5-6-11(10-12)18-4-2/h5-7,10,13,16H,3-4,8-9H2,1-2H3,(H2,15,17). The summed E-state index contributed by atoms with van der Waals surface area (Å²) in [5, 5.41) is 3.02. The van der Waals surface area contributed by atoms with E-state index in [0.717, 1.165) is 11.5 Å². The maximum atomic E-state index is 11.2. The average Bonchev–Trinajstić information content (AvgIpc) is 2.38. The van der Waals surface area contributed by atoms with Crippen LogP contribution in [0.1, 0.15) is 20.3 Å². The Morgan fingerprint density at radius 3 is 2.58 bits per heavy atom. The van der Waals surface area contributed by atoms with Crippen LogP contribution < -0.4 is 20.5 Å². The molecule has 1 aromatic carbocycles. The van der Waals surface area contributed by atoms with Crippen LogP contribution in [0.15, 0.2) is 24.3 Å². The molecule has 0 fully saturated rings. The molecule has 106 valence electrons. The molecule has 0 saturated carbocycles. The lowest BCUT2D eigenvalue weighted by Gasteiger charge is -2.14. The number of likely N-dealkylation sites (N-methyl/N-ethyl adjacent to an activating group) is 1. The molecule has 1 rings (SSSR count). The van der Waals surface area contributed by atoms with Crippen LogP contribution in [0, 0.1) is 0 Å². The van der Waals surface area contributed by atoms with Crippen LogP contribution in [-0.4, -0.2) is 31.7 Å². The van der Waals surface area contributed by atoms with E-state index < -0.39 is 0 Å². The van der Waals surface area contributed by atoms with Crippen molar-refractivity contribution in [3.05, 3.63) is 24.3 Å². The molecule has 1 unspecified atom stereocenters. The zero-order chi connectivity index (χ0) is 14.1. The lowest BCUT2D eigenvalue weighted by Crippen LogP contribution is -2.42. The SMILES string of the molecule is CCNC(CCOc1cccc(OCC)c1)C(N)=O. The first-order chi connectivity index (χ1) is 9.17. The second kappa shape index (κ2) is 8.37. The molecule has 0 saturated heterocycles. The highest BCUT2D eigenvalue weighted by atomic mass is 16.5. The molecule has 0 aromatic heterocycles. The Labute approximate surface area is 114 Å². The van der Waals surface area contributed by atoms with E-state index in [1.165, 1.54) is 0 Å². The van der Waals surface area contributed by atoms with Crippen molar-refractivity contribution >= 4 is 5.91 Å². The van der Waals surface area contributed by atoms with Crippen molar-refractivity contribution in [2.45, 2.75) is 26.3 Å². The molecule has 1 amide bonds. The second-order valence-electron chi connectivity index (χ2n) is 4.06. The van der Waals surface area contributed by atoms with Crippen LogP contribution in [0.3, 0.4) is 0 Å². The number of primary amides is 1. The summed E-state index contributed by atoms with van der Waals surface area (Å²) >= 11 is 0. The van der Waals surface area contributed by atoms with E-state index in [1.807, 2.05) is 38.1 Å². The van der Waals surface area contributed by atoms with Crippen LogP contribution >= 0.6 is 0 Å². The molecule has 3 N–H and O–H groups in total. The van der Waals surface area contributed by atoms with Crippen molar-refractivity contribution in [2.75, 3.05) is 19.8 Å². The van der Waals surface area contributed by atoms with Gasteiger partial charge < -0.3 is 20.5 Å². The summed E-state index contributed by atoms with van der Waals surface area (Å²) in [7, 11) is 0. The number of benzene rings is 1. The second-order valence-corrected chi connectivity index (χ2v) is 4.06. The van der Waals surface area contributed by atoms with Crippen molar-refractivity contribution in [1.29, 1.82) is 0 Å². The monoisotopic (exact) mass is 266 g/mol. The molecule has 0 radical (unpaired) electrons. The van der Waals surface area contributed by atoms with Crippen molar-refractivity contribution in [1.82, 2.24) is 5.32 Å². The van der Waals surface area contributed by atoms with Gasteiger partial charge in [0, 0.05) is 12.5 Å². The van der Waals surface area contributed by atoms with Gasteiger partial charge in [-0.3, -0.25) is 4.79 Å². The van der Waals surface area contributed by atoms with Gasteiger partial charge in [0.05, 0.1) is 19.3 Å². The van der Waals surface area contributed by atoms with Gasteiger partial charge in [-0.25, -0.2) is 0 Å². The van der Waals surface area contributed by atoms with Crippen LogP contribution in [-0.2, 0) is 4.79 Å². The van der Waals surface area contributed by atoms with E-state index in [2.05, 4.69) is 5.32 Å². The van der Waals surface area contributed by atoms with Crippen LogP contribution in [0.25, 0.3) is 0 Å². The molecule has 0 bridgehead atoms. The number of ether oxygens (including phenoxy) is 2. The van der Waals surface area contributed by atoms with Crippen molar-refractivity contribution < 1.29 is 14.3 Å². The zero-order valence-electron chi connectivity index (χ0n) is 11.5.